The molecule has 3 rings (SSSR count). The summed E-state index contributed by atoms with van der Waals surface area (Å²) < 4.78 is 5.69. The first-order chi connectivity index (χ1) is 11.8. The molecule has 0 heterocycles. The molecule has 0 unspecified atom stereocenters. The second kappa shape index (κ2) is 6.78. The third kappa shape index (κ3) is 3.03. The monoisotopic (exact) mass is 344 g/mol. The summed E-state index contributed by atoms with van der Waals surface area (Å²) in [6.45, 7) is 7.91. The smallest absolute Gasteiger partial charge is 0.302 e. The van der Waals surface area contributed by atoms with Crippen LogP contribution < -0.4 is 0 Å². The number of ether oxygens (including phenoxy) is 1. The zero-order valence-corrected chi connectivity index (χ0v) is 16.2. The molecule has 3 aliphatic rings. The van der Waals surface area contributed by atoms with Crippen LogP contribution in [0.15, 0.2) is 0 Å². The van der Waals surface area contributed by atoms with E-state index in [1.807, 2.05) is 6.92 Å². The fraction of sp³-hybridized carbons (Fsp3) is 0.818. The molecule has 0 aromatic rings. The van der Waals surface area contributed by atoms with Crippen LogP contribution in [0.3, 0.4) is 0 Å². The minimum absolute atomic E-state index is 0.0609. The van der Waals surface area contributed by atoms with Crippen LogP contribution in [0.5, 0.6) is 0 Å². The van der Waals surface area contributed by atoms with Crippen molar-refractivity contribution in [2.24, 2.45) is 28.6 Å². The summed E-state index contributed by atoms with van der Waals surface area (Å²) in [5.74, 6) is 8.07. The van der Waals surface area contributed by atoms with E-state index < -0.39 is 0 Å². The SMILES string of the molecule is CC#CCC[C@@]1(C)C(=O)CC[C@H]2[C@@H]3CC[C@H](OC(C)=O)[C@@]3(C)CC[C@@H]21. The number of hydrogen-bond acceptors (Lipinski definition) is 3. The van der Waals surface area contributed by atoms with Crippen molar-refractivity contribution in [3.63, 3.8) is 0 Å². The Balaban J connectivity index is 1.83. The largest absolute Gasteiger partial charge is 0.462 e. The average molecular weight is 344 g/mol. The molecular weight excluding hydrogens is 312 g/mol. The maximum Gasteiger partial charge on any atom is 0.302 e. The van der Waals surface area contributed by atoms with Crippen molar-refractivity contribution in [1.82, 2.24) is 0 Å². The molecule has 0 saturated heterocycles. The van der Waals surface area contributed by atoms with Gasteiger partial charge in [-0.1, -0.05) is 13.8 Å². The lowest BCUT2D eigenvalue weighted by atomic mass is 9.49. The number of fused-ring (bicyclic) bond motifs is 3. The van der Waals surface area contributed by atoms with Gasteiger partial charge in [0.25, 0.3) is 0 Å². The van der Waals surface area contributed by atoms with Crippen molar-refractivity contribution in [3.05, 3.63) is 0 Å². The number of esters is 1. The zero-order valence-electron chi connectivity index (χ0n) is 16.2. The Morgan fingerprint density at radius 3 is 2.64 bits per heavy atom. The van der Waals surface area contributed by atoms with Gasteiger partial charge < -0.3 is 4.74 Å². The minimum Gasteiger partial charge on any atom is -0.462 e. The highest BCUT2D eigenvalue weighted by Gasteiger charge is 2.60. The third-order valence-electron chi connectivity index (χ3n) is 7.76. The van der Waals surface area contributed by atoms with Crippen LogP contribution in [-0.4, -0.2) is 17.9 Å². The van der Waals surface area contributed by atoms with Gasteiger partial charge in [-0.3, -0.25) is 9.59 Å². The molecule has 0 spiro atoms. The van der Waals surface area contributed by atoms with Gasteiger partial charge in [-0.05, 0) is 63.2 Å². The number of Topliss-reactive ketones (excluding diaryl/α,β-unsaturated/α-hetero) is 1. The van der Waals surface area contributed by atoms with Crippen LogP contribution in [0.4, 0.5) is 0 Å². The zero-order chi connectivity index (χ0) is 18.2. The molecule has 0 bridgehead atoms. The first kappa shape index (κ1) is 18.5. The van der Waals surface area contributed by atoms with Crippen LogP contribution in [0, 0.1) is 40.4 Å². The normalized spacial score (nSPS) is 42.8. The lowest BCUT2D eigenvalue weighted by Crippen LogP contribution is -2.53. The van der Waals surface area contributed by atoms with Gasteiger partial charge in [0.1, 0.15) is 11.9 Å². The third-order valence-corrected chi connectivity index (χ3v) is 7.76. The van der Waals surface area contributed by atoms with E-state index >= 15 is 0 Å². The maximum absolute atomic E-state index is 12.8. The minimum atomic E-state index is -0.215. The molecule has 0 radical (unpaired) electrons. The molecule has 0 amide bonds. The number of hydrogen-bond donors (Lipinski definition) is 0. The Morgan fingerprint density at radius 2 is 1.96 bits per heavy atom. The number of carbonyl (C=O) groups excluding carboxylic acids is 2. The highest BCUT2D eigenvalue weighted by Crippen LogP contribution is 2.63. The Bertz CT molecular complexity index is 612. The summed E-state index contributed by atoms with van der Waals surface area (Å²) in [6.07, 6.45) is 7.77. The van der Waals surface area contributed by atoms with Crippen molar-refractivity contribution in [2.45, 2.75) is 85.2 Å². The topological polar surface area (TPSA) is 43.4 Å². The van der Waals surface area contributed by atoms with Crippen LogP contribution in [0.1, 0.15) is 79.1 Å². The summed E-state index contributed by atoms with van der Waals surface area (Å²) in [4.78, 5) is 24.3. The summed E-state index contributed by atoms with van der Waals surface area (Å²) in [7, 11) is 0. The molecule has 0 aromatic carbocycles. The predicted molar refractivity (Wildman–Crippen MR) is 97.6 cm³/mol. The number of carbonyl (C=O) groups is 2. The van der Waals surface area contributed by atoms with Gasteiger partial charge in [0.2, 0.25) is 0 Å². The van der Waals surface area contributed by atoms with Crippen molar-refractivity contribution in [1.29, 1.82) is 0 Å². The maximum atomic E-state index is 12.8. The van der Waals surface area contributed by atoms with Crippen molar-refractivity contribution >= 4 is 11.8 Å². The fourth-order valence-corrected chi connectivity index (χ4v) is 6.39. The first-order valence-electron chi connectivity index (χ1n) is 9.93. The molecule has 3 saturated carbocycles. The van der Waals surface area contributed by atoms with E-state index in [-0.39, 0.29) is 22.9 Å². The highest BCUT2D eigenvalue weighted by molar-refractivity contribution is 5.85. The summed E-state index contributed by atoms with van der Waals surface area (Å²) >= 11 is 0. The lowest BCUT2D eigenvalue weighted by molar-refractivity contribution is -0.160. The second-order valence-electron chi connectivity index (χ2n) is 8.90. The number of rotatable bonds is 3. The van der Waals surface area contributed by atoms with Gasteiger partial charge in [-0.15, -0.1) is 11.8 Å². The molecule has 3 aliphatic carbocycles. The van der Waals surface area contributed by atoms with Crippen LogP contribution >= 0.6 is 0 Å². The van der Waals surface area contributed by atoms with Crippen molar-refractivity contribution in [3.8, 4) is 11.8 Å². The van der Waals surface area contributed by atoms with Gasteiger partial charge >= 0.3 is 5.97 Å². The molecular formula is C22H32O3. The van der Waals surface area contributed by atoms with Gasteiger partial charge in [0, 0.05) is 30.6 Å². The fourth-order valence-electron chi connectivity index (χ4n) is 6.39. The molecule has 0 aliphatic heterocycles. The van der Waals surface area contributed by atoms with E-state index in [1.165, 1.54) is 6.92 Å². The Morgan fingerprint density at radius 1 is 1.20 bits per heavy atom. The molecule has 138 valence electrons. The van der Waals surface area contributed by atoms with E-state index in [0.29, 0.717) is 30.0 Å². The van der Waals surface area contributed by atoms with Crippen LogP contribution in [0.2, 0.25) is 0 Å². The molecule has 3 heteroatoms. The van der Waals surface area contributed by atoms with Gasteiger partial charge in [0.15, 0.2) is 0 Å². The lowest BCUT2D eigenvalue weighted by Gasteiger charge is -2.55. The predicted octanol–water partition coefficient (Wildman–Crippen LogP) is 4.53. The Labute approximate surface area is 152 Å². The molecule has 6 atom stereocenters. The van der Waals surface area contributed by atoms with Gasteiger partial charge in [-0.2, -0.15) is 0 Å². The molecule has 25 heavy (non-hydrogen) atoms. The van der Waals surface area contributed by atoms with Crippen LogP contribution in [0.25, 0.3) is 0 Å². The number of ketones is 1. The summed E-state index contributed by atoms with van der Waals surface area (Å²) in [5.41, 5.74) is -0.120. The van der Waals surface area contributed by atoms with Crippen molar-refractivity contribution < 1.29 is 14.3 Å². The van der Waals surface area contributed by atoms with E-state index in [2.05, 4.69) is 25.7 Å². The van der Waals surface area contributed by atoms with E-state index in [9.17, 15) is 9.59 Å². The Kier molecular flexibility index (Phi) is 5.02. The van der Waals surface area contributed by atoms with E-state index in [4.69, 9.17) is 4.74 Å². The van der Waals surface area contributed by atoms with Crippen LogP contribution in [-0.2, 0) is 14.3 Å². The summed E-state index contributed by atoms with van der Waals surface area (Å²) in [5, 5.41) is 0. The quantitative estimate of drug-likeness (QED) is 0.558. The highest BCUT2D eigenvalue weighted by atomic mass is 16.5. The second-order valence-corrected chi connectivity index (χ2v) is 8.90. The van der Waals surface area contributed by atoms with Crippen molar-refractivity contribution in [2.75, 3.05) is 0 Å². The summed E-state index contributed by atoms with van der Waals surface area (Å²) in [6, 6.07) is 0. The van der Waals surface area contributed by atoms with E-state index in [1.54, 1.807) is 0 Å². The molecule has 3 nitrogen and oxygen atoms in total. The van der Waals surface area contributed by atoms with Gasteiger partial charge in [0.05, 0.1) is 0 Å². The molecule has 3 fully saturated rings. The Hall–Kier alpha value is -1.30. The van der Waals surface area contributed by atoms with Gasteiger partial charge in [-0.25, -0.2) is 0 Å². The van der Waals surface area contributed by atoms with E-state index in [0.717, 1.165) is 44.9 Å². The molecule has 0 N–H and O–H groups in total. The standard InChI is InChI=1S/C22H32O3/c1-5-6-7-13-21(3)18-12-14-22(4)17(16(18)8-10-19(21)24)9-11-20(22)25-15(2)23/h16-18,20H,7-14H2,1-4H3/t16-,17-,18-,20-,21+,22-/m0/s1. The average Bonchev–Trinajstić information content (AvgIpc) is 2.88. The first-order valence-corrected chi connectivity index (χ1v) is 9.93. The molecule has 0 aromatic heterocycles.